The monoisotopic (exact) mass is 223 g/mol. The second-order valence-corrected chi connectivity index (χ2v) is 4.63. The summed E-state index contributed by atoms with van der Waals surface area (Å²) in [6.45, 7) is 2.00. The van der Waals surface area contributed by atoms with Gasteiger partial charge in [0.05, 0.1) is 12.7 Å². The maximum absolute atomic E-state index is 11.1. The maximum atomic E-state index is 11.1. The van der Waals surface area contributed by atoms with E-state index in [-0.39, 0.29) is 0 Å². The van der Waals surface area contributed by atoms with Crippen LogP contribution in [-0.4, -0.2) is 33.4 Å². The van der Waals surface area contributed by atoms with Crippen LogP contribution >= 0.6 is 0 Å². The van der Waals surface area contributed by atoms with Crippen LogP contribution in [0.4, 0.5) is 0 Å². The van der Waals surface area contributed by atoms with Gasteiger partial charge in [-0.3, -0.25) is 9.48 Å². The fourth-order valence-corrected chi connectivity index (χ4v) is 1.67. The van der Waals surface area contributed by atoms with E-state index in [0.29, 0.717) is 12.5 Å². The Morgan fingerprint density at radius 2 is 2.44 bits per heavy atom. The summed E-state index contributed by atoms with van der Waals surface area (Å²) < 4.78 is 1.71. The Morgan fingerprint density at radius 3 is 2.94 bits per heavy atom. The first kappa shape index (κ1) is 11.1. The topological polar surface area (TPSA) is 67.2 Å². The van der Waals surface area contributed by atoms with E-state index in [0.717, 1.165) is 0 Å². The lowest BCUT2D eigenvalue weighted by Crippen LogP contribution is -2.50. The molecule has 2 rings (SSSR count). The van der Waals surface area contributed by atoms with E-state index in [4.69, 9.17) is 5.11 Å². The van der Waals surface area contributed by atoms with Crippen LogP contribution in [0.3, 0.4) is 0 Å². The molecule has 0 aromatic carbocycles. The molecule has 0 aliphatic heterocycles. The minimum atomic E-state index is -0.965. The van der Waals surface area contributed by atoms with E-state index in [2.05, 4.69) is 10.4 Å². The summed E-state index contributed by atoms with van der Waals surface area (Å²) in [4.78, 5) is 11.1. The molecule has 2 N–H and O–H groups in total. The Balaban J connectivity index is 2.09. The summed E-state index contributed by atoms with van der Waals surface area (Å²) in [5.41, 5.74) is 0.260. The average Bonchev–Trinajstić information content (AvgIpc) is 3.00. The zero-order chi connectivity index (χ0) is 11.8. The minimum absolute atomic E-state index is 0.339. The molecule has 0 spiro atoms. The second-order valence-electron chi connectivity index (χ2n) is 4.63. The van der Waals surface area contributed by atoms with Gasteiger partial charge in [-0.2, -0.15) is 5.10 Å². The molecule has 1 aliphatic rings. The molecule has 1 unspecified atom stereocenters. The van der Waals surface area contributed by atoms with E-state index in [1.807, 2.05) is 12.4 Å². The molecule has 1 aliphatic carbocycles. The quantitative estimate of drug-likeness (QED) is 0.775. The molecule has 5 heteroatoms. The number of hydrogen-bond acceptors (Lipinski definition) is 3. The molecule has 16 heavy (non-hydrogen) atoms. The zero-order valence-electron chi connectivity index (χ0n) is 9.60. The van der Waals surface area contributed by atoms with E-state index in [9.17, 15) is 4.79 Å². The maximum Gasteiger partial charge on any atom is 0.325 e. The molecule has 1 aromatic heterocycles. The van der Waals surface area contributed by atoms with Crippen molar-refractivity contribution >= 4 is 5.97 Å². The van der Waals surface area contributed by atoms with Gasteiger partial charge in [0.2, 0.25) is 0 Å². The number of carboxylic acids is 1. The lowest BCUT2D eigenvalue weighted by molar-refractivity contribution is -0.144. The number of aliphatic carboxylic acids is 1. The molecule has 1 heterocycles. The first-order valence-corrected chi connectivity index (χ1v) is 5.50. The first-order chi connectivity index (χ1) is 7.55. The predicted molar refractivity (Wildman–Crippen MR) is 59.3 cm³/mol. The van der Waals surface area contributed by atoms with Crippen molar-refractivity contribution in [3.8, 4) is 0 Å². The fraction of sp³-hybridized carbons (Fsp3) is 0.636. The zero-order valence-corrected chi connectivity index (χ0v) is 9.60. The number of hydrogen-bond donors (Lipinski definition) is 2. The lowest BCUT2D eigenvalue weighted by atomic mass is 10.0. The summed E-state index contributed by atoms with van der Waals surface area (Å²) in [5, 5.41) is 16.1. The van der Waals surface area contributed by atoms with Gasteiger partial charge in [0.1, 0.15) is 5.54 Å². The highest BCUT2D eigenvalue weighted by molar-refractivity contribution is 5.78. The summed E-state index contributed by atoms with van der Waals surface area (Å²) in [5.74, 6) is -0.210. The molecule has 5 nitrogen and oxygen atoms in total. The van der Waals surface area contributed by atoms with Crippen LogP contribution in [-0.2, 0) is 11.3 Å². The summed E-state index contributed by atoms with van der Waals surface area (Å²) >= 11 is 0. The highest BCUT2D eigenvalue weighted by Crippen LogP contribution is 2.39. The van der Waals surface area contributed by atoms with Crippen molar-refractivity contribution in [1.82, 2.24) is 15.1 Å². The van der Waals surface area contributed by atoms with Crippen molar-refractivity contribution in [2.24, 2.45) is 0 Å². The van der Waals surface area contributed by atoms with E-state index in [1.165, 1.54) is 18.4 Å². The van der Waals surface area contributed by atoms with Gasteiger partial charge in [0.25, 0.3) is 0 Å². The molecular formula is C11H17N3O2. The van der Waals surface area contributed by atoms with Gasteiger partial charge in [-0.15, -0.1) is 0 Å². The van der Waals surface area contributed by atoms with Gasteiger partial charge in [0.15, 0.2) is 0 Å². The Bertz CT molecular complexity index is 398. The smallest absolute Gasteiger partial charge is 0.325 e. The van der Waals surface area contributed by atoms with Crippen molar-refractivity contribution in [1.29, 1.82) is 0 Å². The number of likely N-dealkylation sites (N-methyl/N-ethyl adjacent to an activating group) is 1. The normalized spacial score (nSPS) is 19.4. The second kappa shape index (κ2) is 3.90. The number of nitrogens with zero attached hydrogens (tertiary/aromatic N) is 2. The standard InChI is InChI=1S/C11H17N3O2/c1-11(12-2,10(15)16)7-14-6-9(5-13-14)8-3-4-8/h5-6,8,12H,3-4,7H2,1-2H3,(H,15,16). The number of rotatable bonds is 5. The number of aromatic nitrogens is 2. The summed E-state index contributed by atoms with van der Waals surface area (Å²) in [6.07, 6.45) is 6.26. The molecule has 1 atom stereocenters. The molecule has 0 bridgehead atoms. The SMILES string of the molecule is CNC(C)(Cn1cc(C2CC2)cn1)C(=O)O. The number of carbonyl (C=O) groups is 1. The van der Waals surface area contributed by atoms with Gasteiger partial charge >= 0.3 is 5.97 Å². The van der Waals surface area contributed by atoms with Crippen LogP contribution in [0.5, 0.6) is 0 Å². The molecule has 1 fully saturated rings. The van der Waals surface area contributed by atoms with Crippen molar-refractivity contribution < 1.29 is 9.90 Å². The molecular weight excluding hydrogens is 206 g/mol. The first-order valence-electron chi connectivity index (χ1n) is 5.50. The third-order valence-electron chi connectivity index (χ3n) is 3.20. The van der Waals surface area contributed by atoms with Crippen molar-refractivity contribution in [2.75, 3.05) is 7.05 Å². The average molecular weight is 223 g/mol. The third kappa shape index (κ3) is 2.09. The number of carboxylic acid groups (broad SMARTS) is 1. The minimum Gasteiger partial charge on any atom is -0.480 e. The molecule has 1 aromatic rings. The van der Waals surface area contributed by atoms with Gasteiger partial charge in [0, 0.05) is 6.20 Å². The van der Waals surface area contributed by atoms with Crippen LogP contribution in [0, 0.1) is 0 Å². The Kier molecular flexibility index (Phi) is 2.71. The predicted octanol–water partition coefficient (Wildman–Crippen LogP) is 0.823. The van der Waals surface area contributed by atoms with Gasteiger partial charge in [-0.25, -0.2) is 0 Å². The third-order valence-corrected chi connectivity index (χ3v) is 3.20. The van der Waals surface area contributed by atoms with E-state index in [1.54, 1.807) is 18.7 Å². The molecule has 0 saturated heterocycles. The summed E-state index contributed by atoms with van der Waals surface area (Å²) in [6, 6.07) is 0. The Labute approximate surface area is 94.5 Å². The van der Waals surface area contributed by atoms with Gasteiger partial charge in [-0.05, 0) is 38.3 Å². The fourth-order valence-electron chi connectivity index (χ4n) is 1.67. The van der Waals surface area contributed by atoms with Crippen molar-refractivity contribution in [3.63, 3.8) is 0 Å². The van der Waals surface area contributed by atoms with Crippen LogP contribution in [0.2, 0.25) is 0 Å². The van der Waals surface area contributed by atoms with E-state index < -0.39 is 11.5 Å². The molecule has 0 amide bonds. The Hall–Kier alpha value is -1.36. The Morgan fingerprint density at radius 1 is 1.75 bits per heavy atom. The van der Waals surface area contributed by atoms with Crippen LogP contribution in [0.25, 0.3) is 0 Å². The molecule has 0 radical (unpaired) electrons. The van der Waals surface area contributed by atoms with Gasteiger partial charge < -0.3 is 10.4 Å². The van der Waals surface area contributed by atoms with Crippen LogP contribution in [0.15, 0.2) is 12.4 Å². The van der Waals surface area contributed by atoms with Crippen LogP contribution < -0.4 is 5.32 Å². The summed E-state index contributed by atoms with van der Waals surface area (Å²) in [7, 11) is 1.65. The van der Waals surface area contributed by atoms with Crippen molar-refractivity contribution in [2.45, 2.75) is 37.8 Å². The molecule has 88 valence electrons. The number of nitrogens with one attached hydrogen (secondary N) is 1. The molecule has 1 saturated carbocycles. The largest absolute Gasteiger partial charge is 0.480 e. The van der Waals surface area contributed by atoms with Crippen molar-refractivity contribution in [3.05, 3.63) is 18.0 Å². The van der Waals surface area contributed by atoms with Crippen LogP contribution in [0.1, 0.15) is 31.2 Å². The van der Waals surface area contributed by atoms with Gasteiger partial charge in [-0.1, -0.05) is 0 Å². The van der Waals surface area contributed by atoms with E-state index >= 15 is 0 Å². The highest BCUT2D eigenvalue weighted by Gasteiger charge is 2.32. The highest BCUT2D eigenvalue weighted by atomic mass is 16.4. The lowest BCUT2D eigenvalue weighted by Gasteiger charge is -2.23.